The van der Waals surface area contributed by atoms with Crippen molar-refractivity contribution in [1.29, 1.82) is 5.26 Å². The zero-order valence-electron chi connectivity index (χ0n) is 3.63. The lowest BCUT2D eigenvalue weighted by Gasteiger charge is -1.63. The van der Waals surface area contributed by atoms with E-state index in [2.05, 4.69) is 25.3 Å². The summed E-state index contributed by atoms with van der Waals surface area (Å²) in [7, 11) is 0. The molecule has 0 bridgehead atoms. The zero-order valence-corrected chi connectivity index (χ0v) is 6.03. The molecule has 5 heteroatoms. The van der Waals surface area contributed by atoms with Crippen LogP contribution in [0.1, 0.15) is 5.82 Å². The summed E-state index contributed by atoms with van der Waals surface area (Å²) in [6, 6.07) is 1.81. The van der Waals surface area contributed by atoms with Crippen LogP contribution in [-0.4, -0.2) is 9.36 Å². The zero-order chi connectivity index (χ0) is 5.98. The molecule has 1 aromatic rings. The van der Waals surface area contributed by atoms with E-state index in [0.717, 1.165) is 11.5 Å². The molecule has 0 aliphatic rings. The van der Waals surface area contributed by atoms with Crippen LogP contribution in [0.25, 0.3) is 0 Å². The number of hydrogen-bond acceptors (Lipinski definition) is 4. The van der Waals surface area contributed by atoms with Crippen molar-refractivity contribution in [3.63, 3.8) is 0 Å². The Balaban J connectivity index is 3.05. The number of hydrogen-bond donors (Lipinski definition) is 0. The summed E-state index contributed by atoms with van der Waals surface area (Å²) in [5.41, 5.74) is 0. The van der Waals surface area contributed by atoms with Gasteiger partial charge in [-0.15, -0.1) is 0 Å². The standard InChI is InChI=1S/C3BrN3S/c4-3-6-2(1-5)7-8-3. The summed E-state index contributed by atoms with van der Waals surface area (Å²) in [5.74, 6) is 0.224. The summed E-state index contributed by atoms with van der Waals surface area (Å²) in [4.78, 5) is 3.69. The molecule has 8 heavy (non-hydrogen) atoms. The average Bonchev–Trinajstić information content (AvgIpc) is 2.14. The number of aromatic nitrogens is 2. The quantitative estimate of drug-likeness (QED) is 0.616. The van der Waals surface area contributed by atoms with Crippen molar-refractivity contribution in [3.8, 4) is 6.07 Å². The molecule has 40 valence electrons. The lowest BCUT2D eigenvalue weighted by molar-refractivity contribution is 1.23. The molecule has 0 atom stereocenters. The second-order valence-electron chi connectivity index (χ2n) is 0.983. The number of rotatable bonds is 0. The molecule has 3 nitrogen and oxygen atoms in total. The minimum Gasteiger partial charge on any atom is -0.198 e. The van der Waals surface area contributed by atoms with E-state index in [1.54, 1.807) is 6.07 Å². The van der Waals surface area contributed by atoms with Gasteiger partial charge in [0.25, 0.3) is 0 Å². The van der Waals surface area contributed by atoms with Gasteiger partial charge in [0.2, 0.25) is 5.82 Å². The highest BCUT2D eigenvalue weighted by atomic mass is 79.9. The lowest BCUT2D eigenvalue weighted by atomic mass is 10.7. The minimum absolute atomic E-state index is 0.224. The monoisotopic (exact) mass is 189 g/mol. The van der Waals surface area contributed by atoms with Crippen molar-refractivity contribution < 1.29 is 0 Å². The number of nitrogens with zero attached hydrogens (tertiary/aromatic N) is 3. The van der Waals surface area contributed by atoms with Crippen molar-refractivity contribution >= 4 is 27.5 Å². The summed E-state index contributed by atoms with van der Waals surface area (Å²) in [6.45, 7) is 0. The molecule has 0 spiro atoms. The fourth-order valence-corrected chi connectivity index (χ4v) is 1.01. The van der Waals surface area contributed by atoms with Crippen LogP contribution in [0.4, 0.5) is 0 Å². The predicted octanol–water partition coefficient (Wildman–Crippen LogP) is 1.17. The Morgan fingerprint density at radius 3 is 2.75 bits per heavy atom. The van der Waals surface area contributed by atoms with E-state index in [4.69, 9.17) is 5.26 Å². The Morgan fingerprint density at radius 2 is 2.50 bits per heavy atom. The van der Waals surface area contributed by atoms with Crippen LogP contribution in [-0.2, 0) is 0 Å². The van der Waals surface area contributed by atoms with Crippen LogP contribution in [0.5, 0.6) is 0 Å². The van der Waals surface area contributed by atoms with E-state index in [1.165, 1.54) is 0 Å². The first-order valence-corrected chi connectivity index (χ1v) is 3.29. The molecule has 0 aromatic carbocycles. The van der Waals surface area contributed by atoms with E-state index in [0.29, 0.717) is 3.92 Å². The van der Waals surface area contributed by atoms with Gasteiger partial charge in [-0.3, -0.25) is 0 Å². The minimum atomic E-state index is 0.224. The van der Waals surface area contributed by atoms with Gasteiger partial charge in [0.05, 0.1) is 0 Å². The molecule has 0 radical (unpaired) electrons. The molecule has 1 rings (SSSR count). The third kappa shape index (κ3) is 1.02. The van der Waals surface area contributed by atoms with Gasteiger partial charge in [0.1, 0.15) is 6.07 Å². The van der Waals surface area contributed by atoms with Gasteiger partial charge in [0.15, 0.2) is 3.92 Å². The van der Waals surface area contributed by atoms with Gasteiger partial charge >= 0.3 is 0 Å². The average molecular weight is 190 g/mol. The molecule has 0 aliphatic heterocycles. The van der Waals surface area contributed by atoms with E-state index in [9.17, 15) is 0 Å². The Kier molecular flexibility index (Phi) is 1.56. The van der Waals surface area contributed by atoms with Gasteiger partial charge < -0.3 is 0 Å². The fraction of sp³-hybridized carbons (Fsp3) is 0. The third-order valence-corrected chi connectivity index (χ3v) is 1.62. The van der Waals surface area contributed by atoms with Crippen LogP contribution in [0.2, 0.25) is 0 Å². The highest BCUT2D eigenvalue weighted by Crippen LogP contribution is 2.10. The Bertz CT molecular complexity index is 225. The molecule has 0 N–H and O–H groups in total. The van der Waals surface area contributed by atoms with Crippen LogP contribution in [0.3, 0.4) is 0 Å². The second-order valence-corrected chi connectivity index (χ2v) is 3.01. The molecule has 0 unspecified atom stereocenters. The topological polar surface area (TPSA) is 49.6 Å². The lowest BCUT2D eigenvalue weighted by Crippen LogP contribution is -1.71. The summed E-state index contributed by atoms with van der Waals surface area (Å²) in [6.07, 6.45) is 0. The van der Waals surface area contributed by atoms with E-state index >= 15 is 0 Å². The van der Waals surface area contributed by atoms with Crippen LogP contribution >= 0.6 is 27.5 Å². The molecular weight excluding hydrogens is 190 g/mol. The first-order chi connectivity index (χ1) is 3.83. The third-order valence-electron chi connectivity index (χ3n) is 0.501. The Labute approximate surface area is 58.3 Å². The van der Waals surface area contributed by atoms with Gasteiger partial charge in [-0.25, -0.2) is 0 Å². The SMILES string of the molecule is N#Cc1nsc(Br)n1. The Hall–Kier alpha value is -0.470. The number of halogens is 1. The fourth-order valence-electron chi connectivity index (χ4n) is 0.250. The van der Waals surface area contributed by atoms with Crippen molar-refractivity contribution in [3.05, 3.63) is 9.74 Å². The van der Waals surface area contributed by atoms with Gasteiger partial charge in [-0.1, -0.05) is 0 Å². The number of nitriles is 1. The van der Waals surface area contributed by atoms with Crippen LogP contribution < -0.4 is 0 Å². The van der Waals surface area contributed by atoms with Gasteiger partial charge in [-0.2, -0.15) is 14.6 Å². The molecule has 0 amide bonds. The highest BCUT2D eigenvalue weighted by molar-refractivity contribution is 9.11. The van der Waals surface area contributed by atoms with E-state index in [-0.39, 0.29) is 5.82 Å². The molecular formula is C3BrN3S. The highest BCUT2D eigenvalue weighted by Gasteiger charge is 1.95. The molecule has 0 fully saturated rings. The predicted molar refractivity (Wildman–Crippen MR) is 32.3 cm³/mol. The van der Waals surface area contributed by atoms with Crippen LogP contribution in [0.15, 0.2) is 3.92 Å². The maximum atomic E-state index is 8.16. The summed E-state index contributed by atoms with van der Waals surface area (Å²) >= 11 is 4.23. The van der Waals surface area contributed by atoms with Crippen molar-refractivity contribution in [1.82, 2.24) is 9.36 Å². The van der Waals surface area contributed by atoms with Crippen molar-refractivity contribution in [2.45, 2.75) is 0 Å². The van der Waals surface area contributed by atoms with E-state index in [1.807, 2.05) is 0 Å². The molecule has 1 aromatic heterocycles. The maximum Gasteiger partial charge on any atom is 0.244 e. The van der Waals surface area contributed by atoms with Gasteiger partial charge in [0, 0.05) is 0 Å². The van der Waals surface area contributed by atoms with E-state index < -0.39 is 0 Å². The first kappa shape index (κ1) is 5.66. The first-order valence-electron chi connectivity index (χ1n) is 1.72. The summed E-state index contributed by atoms with van der Waals surface area (Å²) in [5, 5.41) is 8.16. The molecule has 0 aliphatic carbocycles. The molecule has 1 heterocycles. The summed E-state index contributed by atoms with van der Waals surface area (Å²) < 4.78 is 4.30. The smallest absolute Gasteiger partial charge is 0.198 e. The Morgan fingerprint density at radius 1 is 1.75 bits per heavy atom. The second kappa shape index (κ2) is 2.20. The van der Waals surface area contributed by atoms with Crippen LogP contribution in [0, 0.1) is 11.3 Å². The van der Waals surface area contributed by atoms with Crippen molar-refractivity contribution in [2.24, 2.45) is 0 Å². The van der Waals surface area contributed by atoms with Crippen molar-refractivity contribution in [2.75, 3.05) is 0 Å². The molecule has 0 saturated heterocycles. The normalized spacial score (nSPS) is 8.50. The van der Waals surface area contributed by atoms with Gasteiger partial charge in [-0.05, 0) is 27.5 Å². The largest absolute Gasteiger partial charge is 0.244 e. The maximum absolute atomic E-state index is 8.16. The molecule has 0 saturated carbocycles.